The third-order valence-electron chi connectivity index (χ3n) is 2.42. The van der Waals surface area contributed by atoms with Gasteiger partial charge >= 0.3 is 5.97 Å². The maximum Gasteiger partial charge on any atom is 0.348 e. The maximum atomic E-state index is 11.4. The predicted octanol–water partition coefficient (Wildman–Crippen LogP) is 2.54. The number of nitrogens with one attached hydrogen (secondary N) is 1. The molecule has 2 aromatic heterocycles. The summed E-state index contributed by atoms with van der Waals surface area (Å²) in [5.41, 5.74) is 3.07. The van der Waals surface area contributed by atoms with Gasteiger partial charge in [0.1, 0.15) is 4.88 Å². The van der Waals surface area contributed by atoms with Gasteiger partial charge in [-0.25, -0.2) is 4.79 Å². The van der Waals surface area contributed by atoms with Crippen molar-refractivity contribution in [1.82, 2.24) is 10.2 Å². The van der Waals surface area contributed by atoms with Crippen LogP contribution >= 0.6 is 11.3 Å². The summed E-state index contributed by atoms with van der Waals surface area (Å²) < 4.78 is 4.70. The van der Waals surface area contributed by atoms with E-state index < -0.39 is 0 Å². The highest BCUT2D eigenvalue weighted by Crippen LogP contribution is 2.32. The Labute approximate surface area is 97.3 Å². The highest BCUT2D eigenvalue weighted by molar-refractivity contribution is 7.14. The van der Waals surface area contributed by atoms with Gasteiger partial charge in [0, 0.05) is 16.1 Å². The minimum absolute atomic E-state index is 0.291. The second-order valence-electron chi connectivity index (χ2n) is 3.48. The average molecular weight is 236 g/mol. The van der Waals surface area contributed by atoms with Crippen LogP contribution in [0.25, 0.3) is 11.1 Å². The Hall–Kier alpha value is -1.62. The predicted molar refractivity (Wildman–Crippen MR) is 62.7 cm³/mol. The molecule has 4 nitrogen and oxygen atoms in total. The molecule has 0 saturated carbocycles. The van der Waals surface area contributed by atoms with E-state index in [9.17, 15) is 4.79 Å². The highest BCUT2D eigenvalue weighted by Gasteiger charge is 2.15. The number of nitrogens with zero attached hydrogens (tertiary/aromatic N) is 1. The Bertz CT molecular complexity index is 528. The second-order valence-corrected chi connectivity index (χ2v) is 4.74. The van der Waals surface area contributed by atoms with Gasteiger partial charge in [0.25, 0.3) is 0 Å². The average Bonchev–Trinajstić information content (AvgIpc) is 2.83. The lowest BCUT2D eigenvalue weighted by Gasteiger charge is -1.95. The van der Waals surface area contributed by atoms with Crippen molar-refractivity contribution >= 4 is 17.3 Å². The van der Waals surface area contributed by atoms with Crippen LogP contribution in [0.2, 0.25) is 0 Å². The molecular formula is C11H12N2O2S. The first-order chi connectivity index (χ1) is 7.63. The number of hydrogen-bond acceptors (Lipinski definition) is 4. The van der Waals surface area contributed by atoms with E-state index in [1.807, 2.05) is 19.9 Å². The van der Waals surface area contributed by atoms with Gasteiger partial charge in [0.2, 0.25) is 0 Å². The van der Waals surface area contributed by atoms with E-state index >= 15 is 0 Å². The number of thiophene rings is 1. The summed E-state index contributed by atoms with van der Waals surface area (Å²) >= 11 is 1.44. The Morgan fingerprint density at radius 2 is 2.19 bits per heavy atom. The first kappa shape index (κ1) is 10.9. The fraction of sp³-hybridized carbons (Fsp3) is 0.273. The summed E-state index contributed by atoms with van der Waals surface area (Å²) in [4.78, 5) is 13.1. The largest absolute Gasteiger partial charge is 0.465 e. The normalized spacial score (nSPS) is 10.4. The van der Waals surface area contributed by atoms with Crippen LogP contribution in [0.15, 0.2) is 12.3 Å². The quantitative estimate of drug-likeness (QED) is 0.815. The molecule has 0 unspecified atom stereocenters. The Balaban J connectivity index is 2.47. The van der Waals surface area contributed by atoms with Gasteiger partial charge in [-0.05, 0) is 25.5 Å². The third kappa shape index (κ3) is 1.74. The van der Waals surface area contributed by atoms with E-state index in [4.69, 9.17) is 4.74 Å². The zero-order chi connectivity index (χ0) is 11.7. The van der Waals surface area contributed by atoms with E-state index in [1.54, 1.807) is 6.20 Å². The van der Waals surface area contributed by atoms with Gasteiger partial charge in [-0.2, -0.15) is 5.10 Å². The number of rotatable bonds is 2. The number of carbonyl (C=O) groups is 1. The molecule has 2 aromatic rings. The number of carbonyl (C=O) groups excluding carboxylic acids is 1. The number of aryl methyl sites for hydroxylation is 2. The number of aromatic nitrogens is 2. The maximum absolute atomic E-state index is 11.4. The molecule has 2 rings (SSSR count). The van der Waals surface area contributed by atoms with Crippen LogP contribution in [-0.4, -0.2) is 23.3 Å². The minimum atomic E-state index is -0.291. The third-order valence-corrected chi connectivity index (χ3v) is 3.45. The second kappa shape index (κ2) is 4.09. The standard InChI is InChI=1S/C11H12N2O2S/c1-6-9(5-12-13-6)8-4-10(11(14)15-3)16-7(8)2/h4-5H,1-3H3,(H,12,13). The van der Waals surface area contributed by atoms with Crippen LogP contribution in [0.3, 0.4) is 0 Å². The van der Waals surface area contributed by atoms with Crippen molar-refractivity contribution in [3.8, 4) is 11.1 Å². The summed E-state index contributed by atoms with van der Waals surface area (Å²) in [7, 11) is 1.39. The molecule has 84 valence electrons. The van der Waals surface area contributed by atoms with Crippen LogP contribution in [0.5, 0.6) is 0 Å². The van der Waals surface area contributed by atoms with Crippen LogP contribution in [0.1, 0.15) is 20.2 Å². The Kier molecular flexibility index (Phi) is 2.78. The minimum Gasteiger partial charge on any atom is -0.465 e. The smallest absolute Gasteiger partial charge is 0.348 e. The van der Waals surface area contributed by atoms with Crippen molar-refractivity contribution in [3.05, 3.63) is 27.7 Å². The molecule has 0 bridgehead atoms. The van der Waals surface area contributed by atoms with Crippen molar-refractivity contribution in [2.24, 2.45) is 0 Å². The summed E-state index contributed by atoms with van der Waals surface area (Å²) in [5, 5.41) is 6.86. The van der Waals surface area contributed by atoms with Gasteiger partial charge in [0.05, 0.1) is 13.3 Å². The van der Waals surface area contributed by atoms with Gasteiger partial charge in [-0.15, -0.1) is 11.3 Å². The molecule has 0 fully saturated rings. The number of hydrogen-bond donors (Lipinski definition) is 1. The van der Waals surface area contributed by atoms with Gasteiger partial charge < -0.3 is 4.74 Å². The number of aromatic amines is 1. The van der Waals surface area contributed by atoms with Crippen LogP contribution in [0, 0.1) is 13.8 Å². The molecule has 0 spiro atoms. The summed E-state index contributed by atoms with van der Waals surface area (Å²) in [6.07, 6.45) is 1.77. The zero-order valence-corrected chi connectivity index (χ0v) is 10.1. The lowest BCUT2D eigenvalue weighted by molar-refractivity contribution is 0.0606. The van der Waals surface area contributed by atoms with Crippen LogP contribution in [-0.2, 0) is 4.74 Å². The summed E-state index contributed by atoms with van der Waals surface area (Å²) in [6.45, 7) is 3.94. The molecule has 0 aromatic carbocycles. The number of methoxy groups -OCH3 is 1. The molecule has 1 N–H and O–H groups in total. The molecule has 16 heavy (non-hydrogen) atoms. The zero-order valence-electron chi connectivity index (χ0n) is 9.33. The summed E-state index contributed by atoms with van der Waals surface area (Å²) in [6, 6.07) is 1.85. The monoisotopic (exact) mass is 236 g/mol. The summed E-state index contributed by atoms with van der Waals surface area (Å²) in [5.74, 6) is -0.291. The lowest BCUT2D eigenvalue weighted by Crippen LogP contribution is -1.96. The first-order valence-corrected chi connectivity index (χ1v) is 5.64. The van der Waals surface area contributed by atoms with Crippen LogP contribution in [0.4, 0.5) is 0 Å². The van der Waals surface area contributed by atoms with Crippen molar-refractivity contribution in [3.63, 3.8) is 0 Å². The molecule has 0 aliphatic carbocycles. The fourth-order valence-electron chi connectivity index (χ4n) is 1.57. The number of H-pyrrole nitrogens is 1. The van der Waals surface area contributed by atoms with Crippen molar-refractivity contribution in [1.29, 1.82) is 0 Å². The molecule has 0 atom stereocenters. The van der Waals surface area contributed by atoms with Crippen molar-refractivity contribution in [2.75, 3.05) is 7.11 Å². The Morgan fingerprint density at radius 3 is 2.75 bits per heavy atom. The molecule has 0 radical (unpaired) electrons. The fourth-order valence-corrected chi connectivity index (χ4v) is 2.53. The molecule has 2 heterocycles. The van der Waals surface area contributed by atoms with Gasteiger partial charge in [-0.1, -0.05) is 0 Å². The van der Waals surface area contributed by atoms with E-state index in [1.165, 1.54) is 18.4 Å². The van der Waals surface area contributed by atoms with Crippen molar-refractivity contribution in [2.45, 2.75) is 13.8 Å². The highest BCUT2D eigenvalue weighted by atomic mass is 32.1. The lowest BCUT2D eigenvalue weighted by atomic mass is 10.1. The van der Waals surface area contributed by atoms with Gasteiger partial charge in [-0.3, -0.25) is 5.10 Å². The first-order valence-electron chi connectivity index (χ1n) is 4.82. The van der Waals surface area contributed by atoms with E-state index in [-0.39, 0.29) is 5.97 Å². The molecule has 0 aliphatic rings. The molecule has 0 aliphatic heterocycles. The molecule has 0 saturated heterocycles. The topological polar surface area (TPSA) is 55.0 Å². The van der Waals surface area contributed by atoms with E-state index in [0.29, 0.717) is 4.88 Å². The molecule has 0 amide bonds. The van der Waals surface area contributed by atoms with E-state index in [2.05, 4.69) is 10.2 Å². The Morgan fingerprint density at radius 1 is 1.44 bits per heavy atom. The molecular weight excluding hydrogens is 224 g/mol. The van der Waals surface area contributed by atoms with Crippen LogP contribution < -0.4 is 0 Å². The van der Waals surface area contributed by atoms with E-state index in [0.717, 1.165) is 21.7 Å². The molecule has 5 heteroatoms. The number of ether oxygens (including phenoxy) is 1. The number of esters is 1. The van der Waals surface area contributed by atoms with Gasteiger partial charge in [0.15, 0.2) is 0 Å². The SMILES string of the molecule is COC(=O)c1cc(-c2cn[nH]c2C)c(C)s1. The van der Waals surface area contributed by atoms with Crippen molar-refractivity contribution < 1.29 is 9.53 Å².